The maximum absolute atomic E-state index is 12.8. The molecule has 0 atom stereocenters. The highest BCUT2D eigenvalue weighted by Gasteiger charge is 2.40. The van der Waals surface area contributed by atoms with E-state index in [-0.39, 0.29) is 5.91 Å². The summed E-state index contributed by atoms with van der Waals surface area (Å²) in [6.07, 6.45) is 4.19. The Morgan fingerprint density at radius 3 is 2.52 bits per heavy atom. The van der Waals surface area contributed by atoms with Crippen LogP contribution < -0.4 is 4.90 Å². The Labute approximate surface area is 158 Å². The number of para-hydroxylation sites is 1. The molecule has 1 aromatic heterocycles. The van der Waals surface area contributed by atoms with Crippen LogP contribution in [0.1, 0.15) is 28.8 Å². The van der Waals surface area contributed by atoms with Gasteiger partial charge in [-0.3, -0.25) is 4.79 Å². The Morgan fingerprint density at radius 1 is 1.00 bits per heavy atom. The van der Waals surface area contributed by atoms with Crippen LogP contribution >= 0.6 is 0 Å². The van der Waals surface area contributed by atoms with Crippen LogP contribution in [0.15, 0.2) is 42.6 Å². The van der Waals surface area contributed by atoms with E-state index in [4.69, 9.17) is 9.47 Å². The minimum Gasteiger partial charge on any atom is -0.347 e. The van der Waals surface area contributed by atoms with Crippen molar-refractivity contribution in [3.63, 3.8) is 0 Å². The van der Waals surface area contributed by atoms with E-state index in [0.29, 0.717) is 31.9 Å². The molecule has 1 aromatic carbocycles. The molecule has 4 heterocycles. The summed E-state index contributed by atoms with van der Waals surface area (Å²) >= 11 is 0. The van der Waals surface area contributed by atoms with Gasteiger partial charge < -0.3 is 19.3 Å². The molecule has 2 aromatic rings. The number of rotatable bonds is 2. The third kappa shape index (κ3) is 2.99. The molecule has 5 rings (SSSR count). The van der Waals surface area contributed by atoms with Gasteiger partial charge in [0.15, 0.2) is 5.79 Å². The summed E-state index contributed by atoms with van der Waals surface area (Å²) in [5, 5.41) is 0. The maximum atomic E-state index is 12.8. The number of amides is 1. The van der Waals surface area contributed by atoms with Gasteiger partial charge in [0.05, 0.1) is 18.8 Å². The van der Waals surface area contributed by atoms with E-state index < -0.39 is 5.79 Å². The van der Waals surface area contributed by atoms with Gasteiger partial charge in [-0.05, 0) is 30.2 Å². The third-order valence-electron chi connectivity index (χ3n) is 5.78. The van der Waals surface area contributed by atoms with Gasteiger partial charge in [0.25, 0.3) is 5.91 Å². The van der Waals surface area contributed by atoms with Crippen molar-refractivity contribution in [1.82, 2.24) is 9.88 Å². The number of hydrogen-bond acceptors (Lipinski definition) is 5. The number of aromatic nitrogens is 1. The van der Waals surface area contributed by atoms with Crippen molar-refractivity contribution in [2.75, 3.05) is 37.7 Å². The van der Waals surface area contributed by atoms with Gasteiger partial charge in [0.2, 0.25) is 0 Å². The average Bonchev–Trinajstić information content (AvgIpc) is 3.36. The molecule has 0 N–H and O–H groups in total. The van der Waals surface area contributed by atoms with Crippen molar-refractivity contribution in [2.24, 2.45) is 0 Å². The predicted molar refractivity (Wildman–Crippen MR) is 101 cm³/mol. The molecule has 3 aliphatic heterocycles. The smallest absolute Gasteiger partial charge is 0.255 e. The minimum atomic E-state index is -0.456. The molecule has 1 amide bonds. The minimum absolute atomic E-state index is 0.0312. The van der Waals surface area contributed by atoms with E-state index in [2.05, 4.69) is 34.1 Å². The van der Waals surface area contributed by atoms with E-state index in [1.54, 1.807) is 6.20 Å². The first-order valence-electron chi connectivity index (χ1n) is 9.63. The van der Waals surface area contributed by atoms with Crippen molar-refractivity contribution in [2.45, 2.75) is 25.0 Å². The number of hydrogen-bond donors (Lipinski definition) is 0. The third-order valence-corrected chi connectivity index (χ3v) is 5.78. The van der Waals surface area contributed by atoms with Crippen LogP contribution in [-0.4, -0.2) is 54.4 Å². The second-order valence-corrected chi connectivity index (χ2v) is 7.34. The monoisotopic (exact) mass is 365 g/mol. The van der Waals surface area contributed by atoms with Gasteiger partial charge in [0, 0.05) is 44.4 Å². The lowest BCUT2D eigenvalue weighted by atomic mass is 10.0. The number of carbonyl (C=O) groups is 1. The zero-order chi connectivity index (χ0) is 18.3. The molecule has 0 radical (unpaired) electrons. The number of likely N-dealkylation sites (tertiary alicyclic amines) is 1. The number of nitrogens with zero attached hydrogens (tertiary/aromatic N) is 3. The van der Waals surface area contributed by atoms with Crippen LogP contribution in [0.5, 0.6) is 0 Å². The van der Waals surface area contributed by atoms with Crippen LogP contribution in [0.4, 0.5) is 11.5 Å². The summed E-state index contributed by atoms with van der Waals surface area (Å²) < 4.78 is 11.5. The highest BCUT2D eigenvalue weighted by atomic mass is 16.7. The number of carbonyl (C=O) groups excluding carboxylic acids is 1. The molecule has 0 unspecified atom stereocenters. The number of benzene rings is 1. The molecule has 2 saturated heterocycles. The van der Waals surface area contributed by atoms with Crippen LogP contribution in [0.25, 0.3) is 0 Å². The number of pyridine rings is 1. The Morgan fingerprint density at radius 2 is 1.78 bits per heavy atom. The molecule has 3 aliphatic rings. The zero-order valence-corrected chi connectivity index (χ0v) is 15.3. The second kappa shape index (κ2) is 6.62. The summed E-state index contributed by atoms with van der Waals surface area (Å²) in [5.74, 6) is 0.466. The lowest BCUT2D eigenvalue weighted by Crippen LogP contribution is -2.47. The summed E-state index contributed by atoms with van der Waals surface area (Å²) in [4.78, 5) is 21.5. The van der Waals surface area contributed by atoms with Crippen LogP contribution in [0, 0.1) is 0 Å². The standard InChI is InChI=1S/C21H23N3O3/c25-20(23-11-8-21(9-12-23)26-13-14-27-21)17-5-6-19(22-15-17)24-10-7-16-3-1-2-4-18(16)24/h1-6,15H,7-14H2. The second-order valence-electron chi connectivity index (χ2n) is 7.34. The molecule has 140 valence electrons. The Bertz CT molecular complexity index is 836. The Balaban J connectivity index is 1.28. The fourth-order valence-corrected chi connectivity index (χ4v) is 4.27. The number of fused-ring (bicyclic) bond motifs is 1. The molecule has 2 fully saturated rings. The van der Waals surface area contributed by atoms with Crippen LogP contribution in [-0.2, 0) is 15.9 Å². The molecular weight excluding hydrogens is 342 g/mol. The molecule has 0 saturated carbocycles. The van der Waals surface area contributed by atoms with Crippen LogP contribution in [0.2, 0.25) is 0 Å². The van der Waals surface area contributed by atoms with E-state index in [1.807, 2.05) is 17.0 Å². The molecule has 0 bridgehead atoms. The summed E-state index contributed by atoms with van der Waals surface area (Å²) in [6.45, 7) is 3.53. The van der Waals surface area contributed by atoms with Crippen molar-refractivity contribution in [1.29, 1.82) is 0 Å². The predicted octanol–water partition coefficient (Wildman–Crippen LogP) is 2.75. The average molecular weight is 365 g/mol. The quantitative estimate of drug-likeness (QED) is 0.819. The molecule has 27 heavy (non-hydrogen) atoms. The molecule has 6 heteroatoms. The topological polar surface area (TPSA) is 54.9 Å². The van der Waals surface area contributed by atoms with E-state index >= 15 is 0 Å². The number of ether oxygens (including phenoxy) is 2. The van der Waals surface area contributed by atoms with Gasteiger partial charge in [-0.15, -0.1) is 0 Å². The Kier molecular flexibility index (Phi) is 4.10. The van der Waals surface area contributed by atoms with E-state index in [0.717, 1.165) is 31.6 Å². The summed E-state index contributed by atoms with van der Waals surface area (Å²) in [7, 11) is 0. The fraction of sp³-hybridized carbons (Fsp3) is 0.429. The summed E-state index contributed by atoms with van der Waals surface area (Å²) in [6, 6.07) is 12.2. The number of anilines is 2. The Hall–Kier alpha value is -2.44. The van der Waals surface area contributed by atoms with Crippen LogP contribution in [0.3, 0.4) is 0 Å². The van der Waals surface area contributed by atoms with E-state index in [9.17, 15) is 4.79 Å². The van der Waals surface area contributed by atoms with Gasteiger partial charge in [0.1, 0.15) is 5.82 Å². The maximum Gasteiger partial charge on any atom is 0.255 e. The summed E-state index contributed by atoms with van der Waals surface area (Å²) in [5.41, 5.74) is 3.19. The van der Waals surface area contributed by atoms with Gasteiger partial charge in [-0.25, -0.2) is 4.98 Å². The highest BCUT2D eigenvalue weighted by molar-refractivity contribution is 5.94. The first-order valence-corrected chi connectivity index (χ1v) is 9.63. The van der Waals surface area contributed by atoms with Gasteiger partial charge >= 0.3 is 0 Å². The lowest BCUT2D eigenvalue weighted by molar-refractivity contribution is -0.181. The van der Waals surface area contributed by atoms with Gasteiger partial charge in [-0.2, -0.15) is 0 Å². The SMILES string of the molecule is O=C(c1ccc(N2CCc3ccccc32)nc1)N1CCC2(CC1)OCCO2. The molecule has 0 aliphatic carbocycles. The molecular formula is C21H23N3O3. The normalized spacial score (nSPS) is 20.9. The lowest BCUT2D eigenvalue weighted by Gasteiger charge is -2.37. The van der Waals surface area contributed by atoms with Crippen molar-refractivity contribution >= 4 is 17.4 Å². The zero-order valence-electron chi connectivity index (χ0n) is 15.3. The highest BCUT2D eigenvalue weighted by Crippen LogP contribution is 2.34. The first-order chi connectivity index (χ1) is 13.2. The van der Waals surface area contributed by atoms with Crippen molar-refractivity contribution in [3.8, 4) is 0 Å². The van der Waals surface area contributed by atoms with E-state index in [1.165, 1.54) is 11.3 Å². The molecule has 1 spiro atoms. The molecule has 6 nitrogen and oxygen atoms in total. The largest absolute Gasteiger partial charge is 0.347 e. The van der Waals surface area contributed by atoms with Crippen molar-refractivity contribution < 1.29 is 14.3 Å². The first kappa shape index (κ1) is 16.7. The van der Waals surface area contributed by atoms with Crippen molar-refractivity contribution in [3.05, 3.63) is 53.7 Å². The fourth-order valence-electron chi connectivity index (χ4n) is 4.27. The number of piperidine rings is 1. The van der Waals surface area contributed by atoms with Gasteiger partial charge in [-0.1, -0.05) is 18.2 Å².